The van der Waals surface area contributed by atoms with Crippen LogP contribution in [0.4, 0.5) is 0 Å². The zero-order chi connectivity index (χ0) is 14.7. The molecule has 0 bridgehead atoms. The molecule has 3 nitrogen and oxygen atoms in total. The average molecular weight is 361 g/mol. The highest BCUT2D eigenvalue weighted by molar-refractivity contribution is 9.10. The van der Waals surface area contributed by atoms with Gasteiger partial charge in [-0.2, -0.15) is 0 Å². The summed E-state index contributed by atoms with van der Waals surface area (Å²) in [7, 11) is 0. The van der Waals surface area contributed by atoms with Gasteiger partial charge in [0, 0.05) is 14.9 Å². The zero-order valence-electron chi connectivity index (χ0n) is 11.4. The van der Waals surface area contributed by atoms with Gasteiger partial charge in [0.15, 0.2) is 0 Å². The van der Waals surface area contributed by atoms with Gasteiger partial charge in [-0.25, -0.2) is 0 Å². The van der Waals surface area contributed by atoms with Crippen molar-refractivity contribution in [2.24, 2.45) is 0 Å². The minimum atomic E-state index is 0.101. The first kappa shape index (κ1) is 14.4. The molecule has 106 valence electrons. The molecular formula is C16H13BrN2OS. The van der Waals surface area contributed by atoms with Gasteiger partial charge in [0.2, 0.25) is 11.8 Å². The van der Waals surface area contributed by atoms with Crippen molar-refractivity contribution in [1.29, 1.82) is 0 Å². The van der Waals surface area contributed by atoms with Crippen LogP contribution < -0.4 is 0 Å². The molecule has 1 atom stereocenters. The van der Waals surface area contributed by atoms with Crippen LogP contribution in [0.5, 0.6) is 0 Å². The normalized spacial score (nSPS) is 12.3. The number of hydrogen-bond acceptors (Lipinski definition) is 4. The number of aromatic nitrogens is 2. The lowest BCUT2D eigenvalue weighted by Crippen LogP contribution is -1.88. The van der Waals surface area contributed by atoms with Gasteiger partial charge in [-0.05, 0) is 37.3 Å². The number of rotatable bonds is 4. The van der Waals surface area contributed by atoms with Crippen molar-refractivity contribution >= 4 is 27.7 Å². The van der Waals surface area contributed by atoms with Gasteiger partial charge in [0.25, 0.3) is 0 Å². The van der Waals surface area contributed by atoms with Gasteiger partial charge in [0.05, 0.1) is 5.25 Å². The third-order valence-corrected chi connectivity index (χ3v) is 4.49. The van der Waals surface area contributed by atoms with Crippen molar-refractivity contribution in [3.8, 4) is 11.5 Å². The van der Waals surface area contributed by atoms with E-state index < -0.39 is 0 Å². The zero-order valence-corrected chi connectivity index (χ0v) is 13.8. The molecule has 1 heterocycles. The molecule has 0 aliphatic heterocycles. The van der Waals surface area contributed by atoms with Crippen molar-refractivity contribution in [2.45, 2.75) is 17.1 Å². The third kappa shape index (κ3) is 3.54. The van der Waals surface area contributed by atoms with Crippen molar-refractivity contribution in [2.75, 3.05) is 0 Å². The van der Waals surface area contributed by atoms with Crippen LogP contribution in [0, 0.1) is 0 Å². The van der Waals surface area contributed by atoms with Crippen molar-refractivity contribution in [3.05, 3.63) is 65.0 Å². The van der Waals surface area contributed by atoms with Gasteiger partial charge >= 0.3 is 0 Å². The van der Waals surface area contributed by atoms with Crippen LogP contribution in [0.3, 0.4) is 0 Å². The number of benzene rings is 2. The van der Waals surface area contributed by atoms with Crippen LogP contribution in [0.2, 0.25) is 0 Å². The van der Waals surface area contributed by atoms with E-state index in [1.165, 1.54) is 0 Å². The second-order valence-corrected chi connectivity index (χ2v) is 6.86. The molecule has 21 heavy (non-hydrogen) atoms. The first-order valence-corrected chi connectivity index (χ1v) is 8.20. The highest BCUT2D eigenvalue weighted by Gasteiger charge is 2.16. The lowest BCUT2D eigenvalue weighted by atomic mass is 10.2. The Bertz CT molecular complexity index is 730. The van der Waals surface area contributed by atoms with Gasteiger partial charge in [0.1, 0.15) is 0 Å². The van der Waals surface area contributed by atoms with Gasteiger partial charge in [-0.15, -0.1) is 22.0 Å². The van der Waals surface area contributed by atoms with E-state index in [-0.39, 0.29) is 5.25 Å². The highest BCUT2D eigenvalue weighted by Crippen LogP contribution is 2.35. The summed E-state index contributed by atoms with van der Waals surface area (Å²) in [6, 6.07) is 18.0. The monoisotopic (exact) mass is 360 g/mol. The van der Waals surface area contributed by atoms with Crippen LogP contribution in [0.15, 0.2) is 68.4 Å². The van der Waals surface area contributed by atoms with Crippen molar-refractivity contribution in [1.82, 2.24) is 10.2 Å². The highest BCUT2D eigenvalue weighted by atomic mass is 79.9. The van der Waals surface area contributed by atoms with Crippen LogP contribution in [-0.4, -0.2) is 10.2 Å². The summed E-state index contributed by atoms with van der Waals surface area (Å²) in [5.74, 6) is 1.20. The van der Waals surface area contributed by atoms with E-state index in [1.54, 1.807) is 11.8 Å². The lowest BCUT2D eigenvalue weighted by Gasteiger charge is -2.06. The summed E-state index contributed by atoms with van der Waals surface area (Å²) in [4.78, 5) is 1.16. The second-order valence-electron chi connectivity index (χ2n) is 4.53. The maximum atomic E-state index is 5.78. The maximum absolute atomic E-state index is 5.78. The smallest absolute Gasteiger partial charge is 0.247 e. The molecular weight excluding hydrogens is 348 g/mol. The Hall–Kier alpha value is -1.59. The number of nitrogens with zero attached hydrogens (tertiary/aromatic N) is 2. The van der Waals surface area contributed by atoms with E-state index in [4.69, 9.17) is 4.42 Å². The van der Waals surface area contributed by atoms with Gasteiger partial charge in [-0.1, -0.05) is 40.2 Å². The Morgan fingerprint density at radius 2 is 1.86 bits per heavy atom. The van der Waals surface area contributed by atoms with E-state index in [1.807, 2.05) is 42.5 Å². The SMILES string of the molecule is CC(Sc1cccc(Br)c1)c1nnc(-c2ccccc2)o1. The summed E-state index contributed by atoms with van der Waals surface area (Å²) in [6.45, 7) is 2.06. The topological polar surface area (TPSA) is 38.9 Å². The minimum Gasteiger partial charge on any atom is -0.419 e. The Morgan fingerprint density at radius 3 is 2.62 bits per heavy atom. The summed E-state index contributed by atoms with van der Waals surface area (Å²) in [5.41, 5.74) is 0.941. The molecule has 3 rings (SSSR count). The van der Waals surface area contributed by atoms with Gasteiger partial charge in [-0.3, -0.25) is 0 Å². The molecule has 0 N–H and O–H groups in total. The Labute approximate surface area is 135 Å². The molecule has 0 fully saturated rings. The van der Waals surface area contributed by atoms with E-state index in [0.29, 0.717) is 11.8 Å². The number of halogens is 1. The van der Waals surface area contributed by atoms with Crippen molar-refractivity contribution < 1.29 is 4.42 Å². The second kappa shape index (κ2) is 6.45. The largest absolute Gasteiger partial charge is 0.419 e. The molecule has 0 spiro atoms. The molecule has 0 amide bonds. The lowest BCUT2D eigenvalue weighted by molar-refractivity contribution is 0.509. The minimum absolute atomic E-state index is 0.101. The number of hydrogen-bond donors (Lipinski definition) is 0. The molecule has 1 unspecified atom stereocenters. The van der Waals surface area contributed by atoms with Gasteiger partial charge < -0.3 is 4.42 Å². The maximum Gasteiger partial charge on any atom is 0.247 e. The summed E-state index contributed by atoms with van der Waals surface area (Å²) >= 11 is 5.17. The molecule has 1 aromatic heterocycles. The van der Waals surface area contributed by atoms with Crippen molar-refractivity contribution in [3.63, 3.8) is 0 Å². The van der Waals surface area contributed by atoms with E-state index in [2.05, 4.69) is 45.2 Å². The van der Waals surface area contributed by atoms with Crippen LogP contribution in [0.1, 0.15) is 18.1 Å². The summed E-state index contributed by atoms with van der Waals surface area (Å²) in [5, 5.41) is 8.39. The third-order valence-electron chi connectivity index (χ3n) is 2.92. The Kier molecular flexibility index (Phi) is 4.41. The molecule has 0 aliphatic carbocycles. The molecule has 0 saturated carbocycles. The quantitative estimate of drug-likeness (QED) is 0.587. The fourth-order valence-corrected chi connectivity index (χ4v) is 3.40. The summed E-state index contributed by atoms with van der Waals surface area (Å²) < 4.78 is 6.84. The molecule has 3 aromatic rings. The van der Waals surface area contributed by atoms with Crippen LogP contribution in [-0.2, 0) is 0 Å². The Morgan fingerprint density at radius 1 is 1.05 bits per heavy atom. The summed E-state index contributed by atoms with van der Waals surface area (Å²) in [6.07, 6.45) is 0. The molecule has 2 aromatic carbocycles. The fraction of sp³-hybridized carbons (Fsp3) is 0.125. The molecule has 5 heteroatoms. The van der Waals surface area contributed by atoms with E-state index >= 15 is 0 Å². The van der Waals surface area contributed by atoms with E-state index in [9.17, 15) is 0 Å². The van der Waals surface area contributed by atoms with Crippen LogP contribution in [0.25, 0.3) is 11.5 Å². The fourth-order valence-electron chi connectivity index (χ4n) is 1.89. The first-order valence-electron chi connectivity index (χ1n) is 6.53. The number of thioether (sulfide) groups is 1. The van der Waals surface area contributed by atoms with Crippen LogP contribution >= 0.6 is 27.7 Å². The molecule has 0 aliphatic rings. The molecule has 0 saturated heterocycles. The standard InChI is InChI=1S/C16H13BrN2OS/c1-11(21-14-9-5-8-13(17)10-14)15-18-19-16(20-15)12-6-3-2-4-7-12/h2-11H,1H3. The average Bonchev–Trinajstić information content (AvgIpc) is 2.98. The predicted molar refractivity (Wildman–Crippen MR) is 88.1 cm³/mol. The first-order chi connectivity index (χ1) is 10.2. The predicted octanol–water partition coefficient (Wildman–Crippen LogP) is 5.35. The Balaban J connectivity index is 1.77. The molecule has 0 radical (unpaired) electrons. The van der Waals surface area contributed by atoms with E-state index in [0.717, 1.165) is 14.9 Å².